The van der Waals surface area contributed by atoms with Crippen LogP contribution in [0.3, 0.4) is 0 Å². The van der Waals surface area contributed by atoms with Crippen LogP contribution in [0.2, 0.25) is 0 Å². The number of nitrogens with zero attached hydrogens (tertiary/aromatic N) is 4. The third-order valence-electron chi connectivity index (χ3n) is 5.58. The molecular formula is C23H19N5O2. The standard InChI is InChI=1S/C23H19N5O2/c1-12-8-9-16-17(10-12)26-20-14-7-5-4-6-13(14)15(11-18(20)25-16)19-21(24)27(2)23(30)28(3)22(19)29/h4-11H,24H2,1-3H3. The molecule has 148 valence electrons. The Bertz CT molecular complexity index is 1630. The van der Waals surface area contributed by atoms with Crippen LogP contribution in [0, 0.1) is 6.92 Å². The second-order valence-electron chi connectivity index (χ2n) is 7.52. The minimum absolute atomic E-state index is 0.122. The van der Waals surface area contributed by atoms with E-state index in [0.717, 1.165) is 37.5 Å². The van der Waals surface area contributed by atoms with Crippen molar-refractivity contribution in [3.05, 3.63) is 74.9 Å². The minimum Gasteiger partial charge on any atom is -0.384 e. The smallest absolute Gasteiger partial charge is 0.332 e. The first-order valence-corrected chi connectivity index (χ1v) is 9.52. The van der Waals surface area contributed by atoms with Gasteiger partial charge < -0.3 is 5.73 Å². The van der Waals surface area contributed by atoms with Gasteiger partial charge in [-0.1, -0.05) is 30.3 Å². The van der Waals surface area contributed by atoms with Crippen molar-refractivity contribution in [1.29, 1.82) is 0 Å². The Morgan fingerprint density at radius 1 is 0.833 bits per heavy atom. The van der Waals surface area contributed by atoms with Crippen LogP contribution in [0.4, 0.5) is 5.82 Å². The maximum absolute atomic E-state index is 13.0. The first kappa shape index (κ1) is 18.1. The fourth-order valence-electron chi connectivity index (χ4n) is 3.94. The van der Waals surface area contributed by atoms with Gasteiger partial charge in [-0.15, -0.1) is 0 Å². The van der Waals surface area contributed by atoms with Crippen molar-refractivity contribution in [3.63, 3.8) is 0 Å². The summed E-state index contributed by atoms with van der Waals surface area (Å²) >= 11 is 0. The van der Waals surface area contributed by atoms with E-state index >= 15 is 0 Å². The van der Waals surface area contributed by atoms with Crippen molar-refractivity contribution in [1.82, 2.24) is 19.1 Å². The summed E-state index contributed by atoms with van der Waals surface area (Å²) in [5, 5.41) is 1.70. The second kappa shape index (κ2) is 6.25. The molecule has 2 aromatic heterocycles. The lowest BCUT2D eigenvalue weighted by atomic mass is 9.97. The van der Waals surface area contributed by atoms with Crippen molar-refractivity contribution >= 4 is 38.7 Å². The van der Waals surface area contributed by atoms with E-state index < -0.39 is 11.2 Å². The van der Waals surface area contributed by atoms with Gasteiger partial charge in [-0.3, -0.25) is 13.9 Å². The normalized spacial score (nSPS) is 11.6. The zero-order chi connectivity index (χ0) is 21.2. The van der Waals surface area contributed by atoms with Gasteiger partial charge in [-0.05, 0) is 36.1 Å². The number of benzene rings is 3. The van der Waals surface area contributed by atoms with E-state index in [1.165, 1.54) is 11.6 Å². The molecule has 5 rings (SSSR count). The van der Waals surface area contributed by atoms with Crippen molar-refractivity contribution in [3.8, 4) is 11.1 Å². The van der Waals surface area contributed by atoms with E-state index in [0.29, 0.717) is 11.1 Å². The summed E-state index contributed by atoms with van der Waals surface area (Å²) in [6, 6.07) is 15.5. The van der Waals surface area contributed by atoms with Crippen LogP contribution in [-0.4, -0.2) is 19.1 Å². The van der Waals surface area contributed by atoms with Crippen molar-refractivity contribution in [2.24, 2.45) is 14.1 Å². The van der Waals surface area contributed by atoms with E-state index in [-0.39, 0.29) is 11.4 Å². The zero-order valence-electron chi connectivity index (χ0n) is 16.8. The zero-order valence-corrected chi connectivity index (χ0v) is 16.8. The maximum atomic E-state index is 13.0. The number of hydrogen-bond acceptors (Lipinski definition) is 5. The highest BCUT2D eigenvalue weighted by molar-refractivity contribution is 6.13. The average Bonchev–Trinajstić information content (AvgIpc) is 2.75. The molecule has 2 N–H and O–H groups in total. The van der Waals surface area contributed by atoms with Gasteiger partial charge in [0.05, 0.1) is 27.6 Å². The molecule has 0 saturated carbocycles. The Hall–Kier alpha value is -4.00. The summed E-state index contributed by atoms with van der Waals surface area (Å²) in [7, 11) is 3.01. The minimum atomic E-state index is -0.465. The molecule has 3 aromatic carbocycles. The monoisotopic (exact) mass is 397 g/mol. The molecule has 2 heterocycles. The van der Waals surface area contributed by atoms with Crippen LogP contribution in [0.15, 0.2) is 58.1 Å². The van der Waals surface area contributed by atoms with Gasteiger partial charge in [0, 0.05) is 25.0 Å². The number of nitrogens with two attached hydrogens (primary N) is 1. The molecule has 0 amide bonds. The Morgan fingerprint density at radius 3 is 2.33 bits per heavy atom. The van der Waals surface area contributed by atoms with Crippen LogP contribution in [0.1, 0.15) is 5.56 Å². The molecule has 5 aromatic rings. The number of aryl methyl sites for hydroxylation is 1. The van der Waals surface area contributed by atoms with Crippen LogP contribution in [-0.2, 0) is 14.1 Å². The highest BCUT2D eigenvalue weighted by Gasteiger charge is 2.19. The number of fused-ring (bicyclic) bond motifs is 4. The van der Waals surface area contributed by atoms with Crippen molar-refractivity contribution in [2.45, 2.75) is 6.92 Å². The molecule has 0 radical (unpaired) electrons. The van der Waals surface area contributed by atoms with Gasteiger partial charge in [0.15, 0.2) is 0 Å². The average molecular weight is 397 g/mol. The van der Waals surface area contributed by atoms with Crippen LogP contribution >= 0.6 is 0 Å². The molecule has 0 aliphatic rings. The molecule has 0 unspecified atom stereocenters. The first-order valence-electron chi connectivity index (χ1n) is 9.52. The number of aromatic nitrogens is 4. The molecule has 0 fully saturated rings. The lowest BCUT2D eigenvalue weighted by molar-refractivity contribution is 0.697. The summed E-state index contributed by atoms with van der Waals surface area (Å²) in [5.74, 6) is 0.122. The van der Waals surface area contributed by atoms with Crippen LogP contribution in [0.5, 0.6) is 0 Å². The van der Waals surface area contributed by atoms with Gasteiger partial charge in [0.2, 0.25) is 0 Å². The number of anilines is 1. The summed E-state index contributed by atoms with van der Waals surface area (Å²) in [4.78, 5) is 35.0. The molecule has 0 aliphatic carbocycles. The SMILES string of the molecule is Cc1ccc2nc3cc(-c4c(N)n(C)c(=O)n(C)c4=O)c4ccccc4c3nc2c1. The molecule has 0 saturated heterocycles. The molecule has 0 aliphatic heterocycles. The molecular weight excluding hydrogens is 378 g/mol. The van der Waals surface area contributed by atoms with Crippen LogP contribution < -0.4 is 17.0 Å². The Labute approximate surface area is 171 Å². The number of rotatable bonds is 1. The fourth-order valence-corrected chi connectivity index (χ4v) is 3.94. The fraction of sp³-hybridized carbons (Fsp3) is 0.130. The summed E-state index contributed by atoms with van der Waals surface area (Å²) in [6.07, 6.45) is 0. The molecule has 7 nitrogen and oxygen atoms in total. The van der Waals surface area contributed by atoms with Gasteiger partial charge in [-0.2, -0.15) is 0 Å². The second-order valence-corrected chi connectivity index (χ2v) is 7.52. The first-order chi connectivity index (χ1) is 14.4. The molecule has 0 spiro atoms. The van der Waals surface area contributed by atoms with Gasteiger partial charge >= 0.3 is 5.69 Å². The predicted molar refractivity (Wildman–Crippen MR) is 120 cm³/mol. The Balaban J connectivity index is 2.00. The number of hydrogen-bond donors (Lipinski definition) is 1. The molecule has 0 atom stereocenters. The van der Waals surface area contributed by atoms with Gasteiger partial charge in [0.25, 0.3) is 5.56 Å². The number of nitrogen functional groups attached to an aromatic ring is 1. The lowest BCUT2D eigenvalue weighted by Crippen LogP contribution is -2.39. The predicted octanol–water partition coefficient (Wildman–Crippen LogP) is 2.89. The largest absolute Gasteiger partial charge is 0.384 e. The third-order valence-corrected chi connectivity index (χ3v) is 5.58. The highest BCUT2D eigenvalue weighted by atomic mass is 16.2. The van der Waals surface area contributed by atoms with E-state index in [1.807, 2.05) is 55.5 Å². The van der Waals surface area contributed by atoms with Crippen LogP contribution in [0.25, 0.3) is 44.0 Å². The van der Waals surface area contributed by atoms with Crippen molar-refractivity contribution < 1.29 is 0 Å². The molecule has 0 bridgehead atoms. The molecule has 7 heteroatoms. The summed E-state index contributed by atoms with van der Waals surface area (Å²) in [5.41, 5.74) is 10.4. The van der Waals surface area contributed by atoms with Crippen molar-refractivity contribution in [2.75, 3.05) is 5.73 Å². The van der Waals surface area contributed by atoms with Gasteiger partial charge in [-0.25, -0.2) is 14.8 Å². The highest BCUT2D eigenvalue weighted by Crippen LogP contribution is 2.34. The summed E-state index contributed by atoms with van der Waals surface area (Å²) in [6.45, 7) is 2.02. The van der Waals surface area contributed by atoms with E-state index in [1.54, 1.807) is 7.05 Å². The maximum Gasteiger partial charge on any atom is 0.332 e. The topological polar surface area (TPSA) is 95.8 Å². The lowest BCUT2D eigenvalue weighted by Gasteiger charge is -2.15. The third kappa shape index (κ3) is 2.45. The quantitative estimate of drug-likeness (QED) is 0.347. The van der Waals surface area contributed by atoms with E-state index in [4.69, 9.17) is 15.7 Å². The Kier molecular flexibility index (Phi) is 3.76. The van der Waals surface area contributed by atoms with E-state index in [2.05, 4.69) is 0 Å². The Morgan fingerprint density at radius 2 is 1.57 bits per heavy atom. The van der Waals surface area contributed by atoms with E-state index in [9.17, 15) is 9.59 Å². The van der Waals surface area contributed by atoms with Gasteiger partial charge in [0.1, 0.15) is 5.82 Å². The molecule has 30 heavy (non-hydrogen) atoms. The summed E-state index contributed by atoms with van der Waals surface area (Å²) < 4.78 is 2.35.